The Morgan fingerprint density at radius 2 is 1.59 bits per heavy atom. The van der Waals surface area contributed by atoms with Crippen molar-refractivity contribution >= 4 is 15.9 Å². The highest BCUT2D eigenvalue weighted by Crippen LogP contribution is 2.21. The fourth-order valence-corrected chi connectivity index (χ4v) is 5.38. The first-order chi connectivity index (χ1) is 12.9. The minimum Gasteiger partial charge on any atom is -0.349 e. The van der Waals surface area contributed by atoms with Gasteiger partial charge in [-0.05, 0) is 63.8 Å². The van der Waals surface area contributed by atoms with Gasteiger partial charge in [0.15, 0.2) is 0 Å². The van der Waals surface area contributed by atoms with E-state index in [1.165, 1.54) is 0 Å². The van der Waals surface area contributed by atoms with Crippen molar-refractivity contribution in [2.45, 2.75) is 62.9 Å². The number of rotatable bonds is 5. The van der Waals surface area contributed by atoms with Crippen molar-refractivity contribution < 1.29 is 13.2 Å². The first kappa shape index (κ1) is 20.3. The normalized spacial score (nSPS) is 20.7. The van der Waals surface area contributed by atoms with Gasteiger partial charge in [0.25, 0.3) is 5.91 Å². The van der Waals surface area contributed by atoms with Crippen LogP contribution in [0.4, 0.5) is 0 Å². The largest absolute Gasteiger partial charge is 0.349 e. The molecule has 2 aliphatic heterocycles. The minimum atomic E-state index is -3.45. The Kier molecular flexibility index (Phi) is 6.55. The molecule has 150 valence electrons. The standard InChI is InChI=1S/C20H31N3O3S/c1-16(2)22-14-10-18(11-15-22)21-20(24)17-6-8-19(9-7-17)27(25,26)23-12-4-3-5-13-23/h6-9,16,18H,3-5,10-15H2,1-2H3,(H,21,24). The summed E-state index contributed by atoms with van der Waals surface area (Å²) in [5.41, 5.74) is 0.513. The van der Waals surface area contributed by atoms with Crippen molar-refractivity contribution in [1.82, 2.24) is 14.5 Å². The van der Waals surface area contributed by atoms with Crippen LogP contribution in [0.3, 0.4) is 0 Å². The van der Waals surface area contributed by atoms with Gasteiger partial charge < -0.3 is 10.2 Å². The molecular formula is C20H31N3O3S. The number of likely N-dealkylation sites (tertiary alicyclic amines) is 1. The lowest BCUT2D eigenvalue weighted by Crippen LogP contribution is -2.46. The molecule has 1 amide bonds. The van der Waals surface area contributed by atoms with E-state index in [1.807, 2.05) is 0 Å². The molecule has 0 aromatic heterocycles. The van der Waals surface area contributed by atoms with E-state index in [4.69, 9.17) is 0 Å². The van der Waals surface area contributed by atoms with Gasteiger partial charge in [0.1, 0.15) is 0 Å². The number of hydrogen-bond acceptors (Lipinski definition) is 4. The van der Waals surface area contributed by atoms with Crippen LogP contribution in [0.2, 0.25) is 0 Å². The molecule has 1 aromatic rings. The van der Waals surface area contributed by atoms with Crippen molar-refractivity contribution in [3.63, 3.8) is 0 Å². The molecule has 3 rings (SSSR count). The number of nitrogens with zero attached hydrogens (tertiary/aromatic N) is 2. The number of amides is 1. The summed E-state index contributed by atoms with van der Waals surface area (Å²) >= 11 is 0. The first-order valence-corrected chi connectivity index (χ1v) is 11.5. The lowest BCUT2D eigenvalue weighted by Gasteiger charge is -2.34. The number of carbonyl (C=O) groups excluding carboxylic acids is 1. The van der Waals surface area contributed by atoms with Crippen LogP contribution in [-0.2, 0) is 10.0 Å². The number of hydrogen-bond donors (Lipinski definition) is 1. The predicted octanol–water partition coefficient (Wildman–Crippen LogP) is 2.46. The third-order valence-corrected chi connectivity index (χ3v) is 7.58. The van der Waals surface area contributed by atoms with E-state index in [-0.39, 0.29) is 16.8 Å². The summed E-state index contributed by atoms with van der Waals surface area (Å²) in [6, 6.07) is 7.07. The highest BCUT2D eigenvalue weighted by molar-refractivity contribution is 7.89. The molecule has 0 aliphatic carbocycles. The van der Waals surface area contributed by atoms with Crippen molar-refractivity contribution in [3.8, 4) is 0 Å². The Morgan fingerprint density at radius 3 is 2.15 bits per heavy atom. The Labute approximate surface area is 163 Å². The highest BCUT2D eigenvalue weighted by Gasteiger charge is 2.26. The summed E-state index contributed by atoms with van der Waals surface area (Å²) in [5.74, 6) is -0.125. The predicted molar refractivity (Wildman–Crippen MR) is 106 cm³/mol. The average molecular weight is 394 g/mol. The van der Waals surface area contributed by atoms with Crippen LogP contribution in [-0.4, -0.2) is 61.8 Å². The van der Waals surface area contributed by atoms with E-state index in [0.717, 1.165) is 45.2 Å². The van der Waals surface area contributed by atoms with E-state index < -0.39 is 10.0 Å². The van der Waals surface area contributed by atoms with Gasteiger partial charge in [0.05, 0.1) is 4.90 Å². The number of benzene rings is 1. The Balaban J connectivity index is 1.59. The zero-order chi connectivity index (χ0) is 19.4. The van der Waals surface area contributed by atoms with E-state index in [2.05, 4.69) is 24.1 Å². The van der Waals surface area contributed by atoms with Crippen LogP contribution in [0.25, 0.3) is 0 Å². The number of carbonyl (C=O) groups is 1. The van der Waals surface area contributed by atoms with Crippen LogP contribution >= 0.6 is 0 Å². The molecule has 2 fully saturated rings. The summed E-state index contributed by atoms with van der Waals surface area (Å²) in [6.45, 7) is 7.54. The average Bonchev–Trinajstić information content (AvgIpc) is 2.69. The summed E-state index contributed by atoms with van der Waals surface area (Å²) in [7, 11) is -3.45. The van der Waals surface area contributed by atoms with Gasteiger partial charge in [-0.1, -0.05) is 6.42 Å². The van der Waals surface area contributed by atoms with Crippen molar-refractivity contribution in [3.05, 3.63) is 29.8 Å². The molecule has 0 spiro atoms. The fraction of sp³-hybridized carbons (Fsp3) is 0.650. The van der Waals surface area contributed by atoms with E-state index in [0.29, 0.717) is 24.7 Å². The monoisotopic (exact) mass is 393 g/mol. The highest BCUT2D eigenvalue weighted by atomic mass is 32.2. The van der Waals surface area contributed by atoms with Crippen LogP contribution in [0.1, 0.15) is 56.3 Å². The molecule has 27 heavy (non-hydrogen) atoms. The molecule has 7 heteroatoms. The molecule has 1 aromatic carbocycles. The van der Waals surface area contributed by atoms with Crippen LogP contribution in [0, 0.1) is 0 Å². The molecular weight excluding hydrogens is 362 g/mol. The van der Waals surface area contributed by atoms with Gasteiger partial charge in [-0.25, -0.2) is 8.42 Å². The fourth-order valence-electron chi connectivity index (χ4n) is 3.86. The van der Waals surface area contributed by atoms with E-state index in [1.54, 1.807) is 28.6 Å². The quantitative estimate of drug-likeness (QED) is 0.834. The van der Waals surface area contributed by atoms with E-state index in [9.17, 15) is 13.2 Å². The second-order valence-electron chi connectivity index (χ2n) is 7.87. The Bertz CT molecular complexity index is 732. The minimum absolute atomic E-state index is 0.125. The lowest BCUT2D eigenvalue weighted by molar-refractivity contribution is 0.0900. The number of piperidine rings is 2. The van der Waals surface area contributed by atoms with Gasteiger partial charge in [-0.3, -0.25) is 4.79 Å². The van der Waals surface area contributed by atoms with Crippen molar-refractivity contribution in [2.24, 2.45) is 0 Å². The summed E-state index contributed by atoms with van der Waals surface area (Å²) in [5, 5.41) is 3.09. The van der Waals surface area contributed by atoms with Gasteiger partial charge in [0, 0.05) is 43.8 Å². The first-order valence-electron chi connectivity index (χ1n) is 10.0. The molecule has 0 atom stereocenters. The molecule has 2 aliphatic rings. The third-order valence-electron chi connectivity index (χ3n) is 5.66. The maximum atomic E-state index is 12.7. The maximum absolute atomic E-state index is 12.7. The maximum Gasteiger partial charge on any atom is 0.251 e. The summed E-state index contributed by atoms with van der Waals surface area (Å²) in [6.07, 6.45) is 4.81. The summed E-state index contributed by atoms with van der Waals surface area (Å²) in [4.78, 5) is 15.2. The van der Waals surface area contributed by atoms with Gasteiger partial charge in [0.2, 0.25) is 10.0 Å². The zero-order valence-corrected chi connectivity index (χ0v) is 17.2. The smallest absolute Gasteiger partial charge is 0.251 e. The molecule has 0 bridgehead atoms. The Hall–Kier alpha value is -1.44. The third kappa shape index (κ3) is 4.89. The zero-order valence-electron chi connectivity index (χ0n) is 16.4. The van der Waals surface area contributed by atoms with E-state index >= 15 is 0 Å². The SMILES string of the molecule is CC(C)N1CCC(NC(=O)c2ccc(S(=O)(=O)N3CCCCC3)cc2)CC1. The lowest BCUT2D eigenvalue weighted by atomic mass is 10.0. The molecule has 2 saturated heterocycles. The second-order valence-corrected chi connectivity index (χ2v) is 9.80. The molecule has 2 heterocycles. The van der Waals surface area contributed by atoms with Crippen LogP contribution in [0.15, 0.2) is 29.2 Å². The van der Waals surface area contributed by atoms with Crippen LogP contribution in [0.5, 0.6) is 0 Å². The molecule has 0 saturated carbocycles. The summed E-state index contributed by atoms with van der Waals surface area (Å²) < 4.78 is 26.9. The molecule has 1 N–H and O–H groups in total. The van der Waals surface area contributed by atoms with Gasteiger partial charge >= 0.3 is 0 Å². The van der Waals surface area contributed by atoms with Crippen molar-refractivity contribution in [1.29, 1.82) is 0 Å². The number of sulfonamides is 1. The van der Waals surface area contributed by atoms with Gasteiger partial charge in [-0.2, -0.15) is 4.31 Å². The molecule has 0 unspecified atom stereocenters. The Morgan fingerprint density at radius 1 is 1.00 bits per heavy atom. The van der Waals surface area contributed by atoms with Gasteiger partial charge in [-0.15, -0.1) is 0 Å². The molecule has 0 radical (unpaired) electrons. The van der Waals surface area contributed by atoms with Crippen LogP contribution < -0.4 is 5.32 Å². The number of nitrogens with one attached hydrogen (secondary N) is 1. The topological polar surface area (TPSA) is 69.7 Å². The van der Waals surface area contributed by atoms with Crippen molar-refractivity contribution in [2.75, 3.05) is 26.2 Å². The second kappa shape index (κ2) is 8.71. The molecule has 6 nitrogen and oxygen atoms in total.